The maximum Gasteiger partial charge on any atom is 0.416 e. The first-order valence-corrected chi connectivity index (χ1v) is 10.8. The Hall–Kier alpha value is -2.75. The summed E-state index contributed by atoms with van der Waals surface area (Å²) in [5.41, 5.74) is -0.499. The Labute approximate surface area is 173 Å². The number of nitrogens with one attached hydrogen (secondary N) is 1. The fourth-order valence-electron chi connectivity index (χ4n) is 2.94. The molecule has 0 saturated heterocycles. The van der Waals surface area contributed by atoms with Crippen LogP contribution in [0, 0.1) is 0 Å². The number of nitrogens with zero attached hydrogens (tertiary/aromatic N) is 1. The number of anilines is 1. The highest BCUT2D eigenvalue weighted by Crippen LogP contribution is 2.33. The van der Waals surface area contributed by atoms with Gasteiger partial charge in [-0.1, -0.05) is 18.2 Å². The zero-order valence-electron chi connectivity index (χ0n) is 16.9. The number of alkyl halides is 3. The highest BCUT2D eigenvalue weighted by Gasteiger charge is 2.34. The van der Waals surface area contributed by atoms with Gasteiger partial charge in [0.15, 0.2) is 0 Å². The van der Waals surface area contributed by atoms with Gasteiger partial charge in [0.25, 0.3) is 0 Å². The number of rotatable bonds is 7. The molecule has 0 aliphatic carbocycles. The summed E-state index contributed by atoms with van der Waals surface area (Å²) >= 11 is 0. The Bertz CT molecular complexity index is 992. The third-order valence-corrected chi connectivity index (χ3v) is 5.73. The van der Waals surface area contributed by atoms with E-state index in [4.69, 9.17) is 4.74 Å². The Kier molecular flexibility index (Phi) is 7.02. The van der Waals surface area contributed by atoms with Crippen molar-refractivity contribution in [1.82, 2.24) is 5.32 Å². The third kappa shape index (κ3) is 5.65. The zero-order valence-corrected chi connectivity index (χ0v) is 17.7. The number of amides is 1. The molecule has 0 aliphatic rings. The second-order valence-corrected chi connectivity index (χ2v) is 8.65. The van der Waals surface area contributed by atoms with Crippen LogP contribution in [-0.2, 0) is 21.0 Å². The van der Waals surface area contributed by atoms with Gasteiger partial charge in [-0.3, -0.25) is 9.10 Å². The van der Waals surface area contributed by atoms with Gasteiger partial charge in [0.1, 0.15) is 11.8 Å². The SMILES string of the molecule is COc1ccc([C@H](C)NC(=O)[C@H](C)N(c2cccc(C(F)(F)F)c2)S(C)(=O)=O)cc1. The molecule has 0 aliphatic heterocycles. The molecular weight excluding hydrogens is 421 g/mol. The van der Waals surface area contributed by atoms with Gasteiger partial charge in [-0.15, -0.1) is 0 Å². The molecule has 10 heteroatoms. The third-order valence-electron chi connectivity index (χ3n) is 4.49. The van der Waals surface area contributed by atoms with E-state index in [1.165, 1.54) is 20.1 Å². The van der Waals surface area contributed by atoms with Crippen LogP contribution in [0.3, 0.4) is 0 Å². The van der Waals surface area contributed by atoms with Gasteiger partial charge in [0.2, 0.25) is 15.9 Å². The highest BCUT2D eigenvalue weighted by atomic mass is 32.2. The second kappa shape index (κ2) is 8.95. The predicted octanol–water partition coefficient (Wildman–Crippen LogP) is 3.75. The number of halogens is 3. The van der Waals surface area contributed by atoms with Crippen molar-refractivity contribution in [1.29, 1.82) is 0 Å². The molecule has 0 bridgehead atoms. The maximum absolute atomic E-state index is 13.0. The lowest BCUT2D eigenvalue weighted by molar-refractivity contribution is -0.137. The van der Waals surface area contributed by atoms with E-state index >= 15 is 0 Å². The van der Waals surface area contributed by atoms with Gasteiger partial charge in [0, 0.05) is 0 Å². The van der Waals surface area contributed by atoms with Crippen molar-refractivity contribution in [3.05, 3.63) is 59.7 Å². The lowest BCUT2D eigenvalue weighted by Gasteiger charge is -2.29. The molecule has 30 heavy (non-hydrogen) atoms. The Morgan fingerprint density at radius 2 is 1.70 bits per heavy atom. The summed E-state index contributed by atoms with van der Waals surface area (Å²) in [6.45, 7) is 3.03. The minimum absolute atomic E-state index is 0.243. The number of hydrogen-bond donors (Lipinski definition) is 1. The van der Waals surface area contributed by atoms with Crippen molar-refractivity contribution in [2.24, 2.45) is 0 Å². The first kappa shape index (κ1) is 23.5. The van der Waals surface area contributed by atoms with Gasteiger partial charge in [-0.25, -0.2) is 8.42 Å². The van der Waals surface area contributed by atoms with Crippen molar-refractivity contribution in [2.75, 3.05) is 17.7 Å². The molecule has 6 nitrogen and oxygen atoms in total. The summed E-state index contributed by atoms with van der Waals surface area (Å²) in [5.74, 6) is -0.0143. The Morgan fingerprint density at radius 1 is 1.10 bits per heavy atom. The lowest BCUT2D eigenvalue weighted by Crippen LogP contribution is -2.48. The summed E-state index contributed by atoms with van der Waals surface area (Å²) in [7, 11) is -2.52. The number of benzene rings is 2. The van der Waals surface area contributed by atoms with E-state index in [0.29, 0.717) is 16.1 Å². The molecule has 2 aromatic carbocycles. The molecule has 2 aromatic rings. The van der Waals surface area contributed by atoms with Crippen molar-refractivity contribution in [3.63, 3.8) is 0 Å². The average Bonchev–Trinajstić information content (AvgIpc) is 2.66. The number of carbonyl (C=O) groups excluding carboxylic acids is 1. The second-order valence-electron chi connectivity index (χ2n) is 6.79. The van der Waals surface area contributed by atoms with Gasteiger partial charge in [-0.05, 0) is 49.7 Å². The standard InChI is InChI=1S/C20H23F3N2O4S/c1-13(15-8-10-18(29-3)11-9-15)24-19(26)14(2)25(30(4,27)28)17-7-5-6-16(12-17)20(21,22)23/h5-14H,1-4H3,(H,24,26)/t13-,14-/m0/s1. The molecule has 2 atom stereocenters. The van der Waals surface area contributed by atoms with Crippen LogP contribution >= 0.6 is 0 Å². The summed E-state index contributed by atoms with van der Waals surface area (Å²) in [4.78, 5) is 12.7. The van der Waals surface area contributed by atoms with Crippen LogP contribution in [0.2, 0.25) is 0 Å². The van der Waals surface area contributed by atoms with Crippen LogP contribution in [0.4, 0.5) is 18.9 Å². The summed E-state index contributed by atoms with van der Waals surface area (Å²) in [6, 6.07) is 9.04. The fraction of sp³-hybridized carbons (Fsp3) is 0.350. The molecule has 164 valence electrons. The fourth-order valence-corrected chi connectivity index (χ4v) is 4.10. The Morgan fingerprint density at radius 3 is 2.20 bits per heavy atom. The van der Waals surface area contributed by atoms with Gasteiger partial charge < -0.3 is 10.1 Å². The van der Waals surface area contributed by atoms with Gasteiger partial charge in [0.05, 0.1) is 30.7 Å². The van der Waals surface area contributed by atoms with E-state index in [9.17, 15) is 26.4 Å². The quantitative estimate of drug-likeness (QED) is 0.706. The molecule has 2 rings (SSSR count). The monoisotopic (exact) mass is 444 g/mol. The minimum Gasteiger partial charge on any atom is -0.497 e. The molecule has 1 amide bonds. The van der Waals surface area contributed by atoms with Crippen LogP contribution in [0.25, 0.3) is 0 Å². The van der Waals surface area contributed by atoms with Crippen LogP contribution in [-0.4, -0.2) is 33.7 Å². The van der Waals surface area contributed by atoms with Crippen LogP contribution < -0.4 is 14.4 Å². The predicted molar refractivity (Wildman–Crippen MR) is 108 cm³/mol. The number of ether oxygens (including phenoxy) is 1. The highest BCUT2D eigenvalue weighted by molar-refractivity contribution is 7.92. The van der Waals surface area contributed by atoms with Crippen LogP contribution in [0.15, 0.2) is 48.5 Å². The number of carbonyl (C=O) groups is 1. The summed E-state index contributed by atoms with van der Waals surface area (Å²) < 4.78 is 69.5. The molecule has 0 saturated carbocycles. The average molecular weight is 444 g/mol. The minimum atomic E-state index is -4.65. The molecule has 0 heterocycles. The first-order chi connectivity index (χ1) is 13.8. The molecular formula is C20H23F3N2O4S. The molecule has 0 spiro atoms. The molecule has 0 fully saturated rings. The van der Waals surface area contributed by atoms with E-state index in [2.05, 4.69) is 5.32 Å². The Balaban J connectivity index is 2.28. The topological polar surface area (TPSA) is 75.7 Å². The number of sulfonamides is 1. The smallest absolute Gasteiger partial charge is 0.416 e. The summed E-state index contributed by atoms with van der Waals surface area (Å²) in [6.07, 6.45) is -3.81. The van der Waals surface area contributed by atoms with E-state index in [0.717, 1.165) is 24.0 Å². The van der Waals surface area contributed by atoms with Gasteiger partial charge >= 0.3 is 6.18 Å². The zero-order chi connectivity index (χ0) is 22.7. The van der Waals surface area contributed by atoms with E-state index in [1.54, 1.807) is 31.2 Å². The lowest BCUT2D eigenvalue weighted by atomic mass is 10.1. The van der Waals surface area contributed by atoms with E-state index in [1.807, 2.05) is 0 Å². The summed E-state index contributed by atoms with van der Waals surface area (Å²) in [5, 5.41) is 2.69. The first-order valence-electron chi connectivity index (χ1n) is 8.95. The van der Waals surface area contributed by atoms with E-state index < -0.39 is 39.8 Å². The number of hydrogen-bond acceptors (Lipinski definition) is 4. The molecule has 0 radical (unpaired) electrons. The molecule has 0 aromatic heterocycles. The van der Waals surface area contributed by atoms with Crippen molar-refractivity contribution < 1.29 is 31.1 Å². The van der Waals surface area contributed by atoms with Crippen LogP contribution in [0.5, 0.6) is 5.75 Å². The molecule has 1 N–H and O–H groups in total. The largest absolute Gasteiger partial charge is 0.497 e. The normalized spacial score (nSPS) is 14.0. The number of methoxy groups -OCH3 is 1. The van der Waals surface area contributed by atoms with E-state index in [-0.39, 0.29) is 5.69 Å². The van der Waals surface area contributed by atoms with Crippen molar-refractivity contribution in [2.45, 2.75) is 32.1 Å². The maximum atomic E-state index is 13.0. The van der Waals surface area contributed by atoms with Crippen LogP contribution in [0.1, 0.15) is 31.0 Å². The van der Waals surface area contributed by atoms with Crippen molar-refractivity contribution in [3.8, 4) is 5.75 Å². The van der Waals surface area contributed by atoms with Gasteiger partial charge in [-0.2, -0.15) is 13.2 Å². The van der Waals surface area contributed by atoms with Crippen molar-refractivity contribution >= 4 is 21.6 Å². The molecule has 0 unspecified atom stereocenters.